The number of halogens is 2. The summed E-state index contributed by atoms with van der Waals surface area (Å²) in [5.74, 6) is -0.176. The van der Waals surface area contributed by atoms with Crippen LogP contribution in [-0.4, -0.2) is 41.3 Å². The Morgan fingerprint density at radius 2 is 2.16 bits per heavy atom. The molecule has 2 aromatic rings. The summed E-state index contributed by atoms with van der Waals surface area (Å²) < 4.78 is 45.2. The highest BCUT2D eigenvalue weighted by molar-refractivity contribution is 9.10. The number of hydrogen-bond donors (Lipinski definition) is 5. The molecular weight excluding hydrogens is 441 g/mol. The fourth-order valence-corrected chi connectivity index (χ4v) is 2.97. The van der Waals surface area contributed by atoms with Crippen LogP contribution < -0.4 is 20.5 Å². The highest BCUT2D eigenvalue weighted by Crippen LogP contribution is 2.21. The Morgan fingerprint density at radius 1 is 1.40 bits per heavy atom. The van der Waals surface area contributed by atoms with E-state index in [1.54, 1.807) is 0 Å². The highest BCUT2D eigenvalue weighted by Gasteiger charge is 2.16. The monoisotopic (exact) mass is 453 g/mol. The number of hydrogen-bond acceptors (Lipinski definition) is 8. The van der Waals surface area contributed by atoms with E-state index in [1.807, 2.05) is 0 Å². The molecule has 136 valence electrons. The van der Waals surface area contributed by atoms with Crippen LogP contribution in [0.25, 0.3) is 0 Å². The predicted molar refractivity (Wildman–Crippen MR) is 95.6 cm³/mol. The fourth-order valence-electron chi connectivity index (χ4n) is 1.68. The maximum atomic E-state index is 13.3. The van der Waals surface area contributed by atoms with Crippen LogP contribution in [0.15, 0.2) is 27.8 Å². The Hall–Kier alpha value is -1.87. The van der Waals surface area contributed by atoms with Gasteiger partial charge in [-0.3, -0.25) is 0 Å². The first-order chi connectivity index (χ1) is 11.8. The van der Waals surface area contributed by atoms with E-state index in [2.05, 4.69) is 45.2 Å². The van der Waals surface area contributed by atoms with Crippen molar-refractivity contribution in [3.8, 4) is 0 Å². The van der Waals surface area contributed by atoms with Gasteiger partial charge in [-0.2, -0.15) is 17.2 Å². The maximum Gasteiger partial charge on any atom is 0.274 e. The largest absolute Gasteiger partial charge is 0.409 e. The SMILES string of the molecule is NS(=O)(=O)NCCNc1nsnc1C(=NO)Nc1ccc(F)c(Br)c1. The molecule has 14 heteroatoms. The van der Waals surface area contributed by atoms with E-state index in [9.17, 15) is 18.0 Å². The van der Waals surface area contributed by atoms with Crippen molar-refractivity contribution in [3.05, 3.63) is 34.2 Å². The van der Waals surface area contributed by atoms with Crippen LogP contribution in [0.2, 0.25) is 0 Å². The molecule has 1 aromatic carbocycles. The zero-order chi connectivity index (χ0) is 18.4. The first-order valence-electron chi connectivity index (χ1n) is 6.58. The number of amidine groups is 1. The van der Waals surface area contributed by atoms with Gasteiger partial charge in [-0.1, -0.05) is 5.16 Å². The molecule has 6 N–H and O–H groups in total. The van der Waals surface area contributed by atoms with Crippen molar-refractivity contribution in [2.75, 3.05) is 23.7 Å². The lowest BCUT2D eigenvalue weighted by atomic mass is 10.3. The lowest BCUT2D eigenvalue weighted by Crippen LogP contribution is -2.34. The summed E-state index contributed by atoms with van der Waals surface area (Å²) in [7, 11) is -3.78. The van der Waals surface area contributed by atoms with Crippen molar-refractivity contribution >= 4 is 55.2 Å². The lowest BCUT2D eigenvalue weighted by Gasteiger charge is -2.09. The molecule has 0 aliphatic carbocycles. The molecular formula is C11H13BrFN7O3S2. The van der Waals surface area contributed by atoms with E-state index in [1.165, 1.54) is 18.2 Å². The van der Waals surface area contributed by atoms with E-state index in [0.717, 1.165) is 11.7 Å². The molecule has 2 rings (SSSR count). The first kappa shape index (κ1) is 19.5. The Bertz CT molecular complexity index is 874. The molecule has 0 amide bonds. The molecule has 0 saturated heterocycles. The predicted octanol–water partition coefficient (Wildman–Crippen LogP) is 0.893. The Kier molecular flexibility index (Phi) is 6.60. The van der Waals surface area contributed by atoms with Crippen LogP contribution in [0.5, 0.6) is 0 Å². The van der Waals surface area contributed by atoms with Crippen molar-refractivity contribution < 1.29 is 18.0 Å². The Morgan fingerprint density at radius 3 is 2.80 bits per heavy atom. The quantitative estimate of drug-likeness (QED) is 0.137. The summed E-state index contributed by atoms with van der Waals surface area (Å²) in [6.45, 7) is 0.204. The minimum Gasteiger partial charge on any atom is -0.409 e. The van der Waals surface area contributed by atoms with Crippen LogP contribution in [-0.2, 0) is 10.2 Å². The van der Waals surface area contributed by atoms with Crippen molar-refractivity contribution in [2.24, 2.45) is 10.3 Å². The van der Waals surface area contributed by atoms with Crippen molar-refractivity contribution in [1.29, 1.82) is 0 Å². The van der Waals surface area contributed by atoms with Crippen LogP contribution in [0.4, 0.5) is 15.9 Å². The van der Waals surface area contributed by atoms with Gasteiger partial charge in [-0.15, -0.1) is 0 Å². The lowest BCUT2D eigenvalue weighted by molar-refractivity contribution is 0.319. The summed E-state index contributed by atoms with van der Waals surface area (Å²) >= 11 is 3.92. The molecule has 0 spiro atoms. The summed E-state index contributed by atoms with van der Waals surface area (Å²) in [6.07, 6.45) is 0. The van der Waals surface area contributed by atoms with Gasteiger partial charge in [0.1, 0.15) is 5.82 Å². The minimum absolute atomic E-state index is 0.0193. The van der Waals surface area contributed by atoms with E-state index in [4.69, 9.17) is 5.14 Å². The van der Waals surface area contributed by atoms with Gasteiger partial charge in [0.15, 0.2) is 11.5 Å². The number of oxime groups is 1. The number of benzene rings is 1. The van der Waals surface area contributed by atoms with E-state index in [-0.39, 0.29) is 34.9 Å². The molecule has 0 aliphatic heterocycles. The van der Waals surface area contributed by atoms with Gasteiger partial charge >= 0.3 is 0 Å². The third-order valence-corrected chi connectivity index (χ3v) is 4.46. The molecule has 25 heavy (non-hydrogen) atoms. The summed E-state index contributed by atoms with van der Waals surface area (Å²) in [6, 6.07) is 4.15. The second-order valence-electron chi connectivity index (χ2n) is 4.53. The molecule has 0 saturated carbocycles. The molecule has 0 fully saturated rings. The standard InChI is InChI=1S/C11H13BrFN7O3S2/c12-7-5-6(1-2-8(7)13)17-11(18-21)9-10(20-24-19-9)15-3-4-16-25(14,22)23/h1-2,5,16,21H,3-4H2,(H,15,20)(H,17,18)(H2,14,22,23). The van der Waals surface area contributed by atoms with Crippen molar-refractivity contribution in [1.82, 2.24) is 13.5 Å². The zero-order valence-corrected chi connectivity index (χ0v) is 15.6. The fraction of sp³-hybridized carbons (Fsp3) is 0.182. The van der Waals surface area contributed by atoms with Gasteiger partial charge in [-0.05, 0) is 34.1 Å². The maximum absolute atomic E-state index is 13.3. The van der Waals surface area contributed by atoms with Crippen LogP contribution in [0, 0.1) is 5.82 Å². The highest BCUT2D eigenvalue weighted by atomic mass is 79.9. The van der Waals surface area contributed by atoms with Crippen LogP contribution >= 0.6 is 27.7 Å². The zero-order valence-electron chi connectivity index (χ0n) is 12.4. The average Bonchev–Trinajstić information content (AvgIpc) is 3.00. The number of nitrogens with two attached hydrogens (primary N) is 1. The number of aromatic nitrogens is 2. The van der Waals surface area contributed by atoms with Crippen molar-refractivity contribution in [2.45, 2.75) is 0 Å². The molecule has 1 heterocycles. The smallest absolute Gasteiger partial charge is 0.274 e. The third-order valence-electron chi connectivity index (χ3n) is 2.72. The number of nitrogens with one attached hydrogen (secondary N) is 3. The second kappa shape index (κ2) is 8.48. The molecule has 0 atom stereocenters. The summed E-state index contributed by atoms with van der Waals surface area (Å²) in [5, 5.41) is 22.8. The van der Waals surface area contributed by atoms with Crippen molar-refractivity contribution in [3.63, 3.8) is 0 Å². The molecule has 0 bridgehead atoms. The van der Waals surface area contributed by atoms with Gasteiger partial charge in [0.05, 0.1) is 16.2 Å². The van der Waals surface area contributed by atoms with Gasteiger partial charge in [0.2, 0.25) is 5.84 Å². The van der Waals surface area contributed by atoms with E-state index in [0.29, 0.717) is 5.69 Å². The molecule has 10 nitrogen and oxygen atoms in total. The first-order valence-corrected chi connectivity index (χ1v) is 9.65. The summed E-state index contributed by atoms with van der Waals surface area (Å²) in [4.78, 5) is 0. The van der Waals surface area contributed by atoms with Crippen LogP contribution in [0.1, 0.15) is 5.69 Å². The van der Waals surface area contributed by atoms with Gasteiger partial charge in [-0.25, -0.2) is 14.3 Å². The summed E-state index contributed by atoms with van der Waals surface area (Å²) in [5.41, 5.74) is 0.666. The van der Waals surface area contributed by atoms with Crippen LogP contribution in [0.3, 0.4) is 0 Å². The minimum atomic E-state index is -3.78. The normalized spacial score (nSPS) is 12.2. The number of anilines is 2. The molecule has 0 radical (unpaired) electrons. The number of nitrogens with zero attached hydrogens (tertiary/aromatic N) is 3. The molecule has 1 aromatic heterocycles. The average molecular weight is 454 g/mol. The van der Waals surface area contributed by atoms with Gasteiger partial charge < -0.3 is 15.8 Å². The topological polar surface area (TPSA) is 155 Å². The second-order valence-corrected chi connectivity index (χ2v) is 7.29. The van der Waals surface area contributed by atoms with Gasteiger partial charge in [0, 0.05) is 18.8 Å². The molecule has 0 aliphatic rings. The van der Waals surface area contributed by atoms with Gasteiger partial charge in [0.25, 0.3) is 10.2 Å². The van der Waals surface area contributed by atoms with E-state index < -0.39 is 16.0 Å². The number of rotatable bonds is 7. The van der Waals surface area contributed by atoms with E-state index >= 15 is 0 Å². The Labute approximate surface area is 155 Å². The molecule has 0 unspecified atom stereocenters. The Balaban J connectivity index is 2.06. The third kappa shape index (κ3) is 5.86.